The monoisotopic (exact) mass is 420 g/mol. The van der Waals surface area contributed by atoms with Gasteiger partial charge in [0, 0.05) is 56.1 Å². The van der Waals surface area contributed by atoms with E-state index in [2.05, 4.69) is 22.5 Å². The molecule has 2 amide bonds. The number of likely N-dealkylation sites (tertiary alicyclic amines) is 2. The second-order valence-corrected chi connectivity index (χ2v) is 10.7. The standard InChI is InChI=1S/C23H37FN4O2/c1-13-6-7-20(24)19-10-21(26-22(13)19)23(30)25-15-4-3-5-16(8-15)28-12-17-9-18(28)11-27(17)14(2)29/h13,15-22,26H,3-12H2,1-2H3,(H,25,30)/t13?,15-,16+,17?,18?,19?,20?,21?,22?/m1/s1. The third kappa shape index (κ3) is 3.66. The summed E-state index contributed by atoms with van der Waals surface area (Å²) in [6, 6.07) is 1.48. The van der Waals surface area contributed by atoms with Gasteiger partial charge in [0.2, 0.25) is 11.8 Å². The van der Waals surface area contributed by atoms with Gasteiger partial charge in [-0.15, -0.1) is 0 Å². The first-order chi connectivity index (χ1) is 14.4. The minimum Gasteiger partial charge on any atom is -0.352 e. The molecule has 3 saturated heterocycles. The number of nitrogens with zero attached hydrogens (tertiary/aromatic N) is 2. The molecule has 168 valence electrons. The third-order valence-electron chi connectivity index (χ3n) is 8.80. The predicted octanol–water partition coefficient (Wildman–Crippen LogP) is 1.83. The van der Waals surface area contributed by atoms with E-state index in [-0.39, 0.29) is 35.9 Å². The molecule has 7 unspecified atom stereocenters. The average molecular weight is 421 g/mol. The van der Waals surface area contributed by atoms with Crippen LogP contribution in [-0.4, -0.2) is 77.1 Å². The number of amides is 2. The van der Waals surface area contributed by atoms with E-state index in [1.54, 1.807) is 6.92 Å². The molecule has 5 rings (SSSR count). The summed E-state index contributed by atoms with van der Waals surface area (Å²) >= 11 is 0. The van der Waals surface area contributed by atoms with Gasteiger partial charge in [-0.2, -0.15) is 0 Å². The van der Waals surface area contributed by atoms with Gasteiger partial charge in [0.15, 0.2) is 0 Å². The Labute approximate surface area is 179 Å². The Kier molecular flexibility index (Phi) is 5.55. The summed E-state index contributed by atoms with van der Waals surface area (Å²) in [5.41, 5.74) is 0. The first kappa shape index (κ1) is 20.7. The largest absolute Gasteiger partial charge is 0.352 e. The number of fused-ring (bicyclic) bond motifs is 3. The zero-order valence-corrected chi connectivity index (χ0v) is 18.4. The molecule has 2 aliphatic carbocycles. The molecule has 6 nitrogen and oxygen atoms in total. The molecule has 7 heteroatoms. The number of halogens is 1. The highest BCUT2D eigenvalue weighted by Gasteiger charge is 2.48. The van der Waals surface area contributed by atoms with E-state index < -0.39 is 6.17 Å². The number of piperazine rings is 1. The molecule has 30 heavy (non-hydrogen) atoms. The summed E-state index contributed by atoms with van der Waals surface area (Å²) in [7, 11) is 0. The number of alkyl halides is 1. The lowest BCUT2D eigenvalue weighted by Gasteiger charge is -2.42. The molecule has 0 spiro atoms. The molecule has 5 fully saturated rings. The van der Waals surface area contributed by atoms with Gasteiger partial charge in [-0.3, -0.25) is 14.5 Å². The van der Waals surface area contributed by atoms with Crippen molar-refractivity contribution in [2.24, 2.45) is 11.8 Å². The van der Waals surface area contributed by atoms with E-state index in [1.165, 1.54) is 6.42 Å². The van der Waals surface area contributed by atoms with Crippen molar-refractivity contribution in [3.05, 3.63) is 0 Å². The van der Waals surface area contributed by atoms with Crippen LogP contribution < -0.4 is 10.6 Å². The first-order valence-electron chi connectivity index (χ1n) is 12.1. The highest BCUT2D eigenvalue weighted by molar-refractivity contribution is 5.82. The zero-order chi connectivity index (χ0) is 21.0. The lowest BCUT2D eigenvalue weighted by molar-refractivity contribution is -0.131. The van der Waals surface area contributed by atoms with Crippen LogP contribution in [0, 0.1) is 11.8 Å². The van der Waals surface area contributed by atoms with Gasteiger partial charge in [-0.05, 0) is 57.3 Å². The van der Waals surface area contributed by atoms with E-state index in [4.69, 9.17) is 0 Å². The number of hydrogen-bond donors (Lipinski definition) is 2. The molecule has 2 bridgehead atoms. The van der Waals surface area contributed by atoms with Gasteiger partial charge in [0.05, 0.1) is 6.04 Å². The SMILES string of the molecule is CC(=O)N1CC2CC1CN2[C@H]1CCC[C@@H](NC(=O)C2CC3C(F)CCC(C)C3N2)C1. The molecule has 2 N–H and O–H groups in total. The Morgan fingerprint density at radius 3 is 2.53 bits per heavy atom. The Balaban J connectivity index is 1.15. The zero-order valence-electron chi connectivity index (χ0n) is 18.4. The van der Waals surface area contributed by atoms with Crippen LogP contribution in [0.5, 0.6) is 0 Å². The predicted molar refractivity (Wildman–Crippen MR) is 113 cm³/mol. The number of carbonyl (C=O) groups excluding carboxylic acids is 2. The molecule has 0 aromatic heterocycles. The van der Waals surface area contributed by atoms with Gasteiger partial charge in [0.1, 0.15) is 6.17 Å². The van der Waals surface area contributed by atoms with Gasteiger partial charge in [-0.1, -0.05) is 6.92 Å². The lowest BCUT2D eigenvalue weighted by Crippen LogP contribution is -2.55. The molecule has 5 aliphatic rings. The summed E-state index contributed by atoms with van der Waals surface area (Å²) in [4.78, 5) is 29.4. The van der Waals surface area contributed by atoms with E-state index >= 15 is 0 Å². The Bertz CT molecular complexity index is 672. The quantitative estimate of drug-likeness (QED) is 0.731. The Hall–Kier alpha value is -1.21. The van der Waals surface area contributed by atoms with Crippen molar-refractivity contribution in [3.8, 4) is 0 Å². The van der Waals surface area contributed by atoms with Crippen LogP contribution in [-0.2, 0) is 9.59 Å². The highest BCUT2D eigenvalue weighted by Crippen LogP contribution is 2.39. The smallest absolute Gasteiger partial charge is 0.237 e. The summed E-state index contributed by atoms with van der Waals surface area (Å²) in [5, 5.41) is 6.78. The number of rotatable bonds is 3. The maximum Gasteiger partial charge on any atom is 0.237 e. The van der Waals surface area contributed by atoms with Crippen molar-refractivity contribution < 1.29 is 14.0 Å². The van der Waals surface area contributed by atoms with Crippen LogP contribution in [0.2, 0.25) is 0 Å². The van der Waals surface area contributed by atoms with E-state index in [0.29, 0.717) is 36.9 Å². The fraction of sp³-hybridized carbons (Fsp3) is 0.913. The summed E-state index contributed by atoms with van der Waals surface area (Å²) in [6.07, 6.45) is 6.86. The van der Waals surface area contributed by atoms with Gasteiger partial charge >= 0.3 is 0 Å². The fourth-order valence-corrected chi connectivity index (χ4v) is 7.23. The van der Waals surface area contributed by atoms with Crippen molar-refractivity contribution in [1.82, 2.24) is 20.4 Å². The van der Waals surface area contributed by atoms with Crippen LogP contribution >= 0.6 is 0 Å². The molecule has 0 aromatic rings. The third-order valence-corrected chi connectivity index (χ3v) is 8.80. The van der Waals surface area contributed by atoms with Crippen molar-refractivity contribution >= 4 is 11.8 Å². The maximum absolute atomic E-state index is 14.4. The second-order valence-electron chi connectivity index (χ2n) is 10.7. The number of hydrogen-bond acceptors (Lipinski definition) is 4. The van der Waals surface area contributed by atoms with Crippen LogP contribution in [0.15, 0.2) is 0 Å². The van der Waals surface area contributed by atoms with Crippen molar-refractivity contribution in [2.75, 3.05) is 13.1 Å². The lowest BCUT2D eigenvalue weighted by atomic mass is 9.77. The van der Waals surface area contributed by atoms with Crippen LogP contribution in [0.25, 0.3) is 0 Å². The van der Waals surface area contributed by atoms with Crippen molar-refractivity contribution in [1.29, 1.82) is 0 Å². The average Bonchev–Trinajstić information content (AvgIpc) is 3.45. The van der Waals surface area contributed by atoms with Gasteiger partial charge in [0.25, 0.3) is 0 Å². The Morgan fingerprint density at radius 2 is 1.83 bits per heavy atom. The summed E-state index contributed by atoms with van der Waals surface area (Å²) in [6.45, 7) is 5.71. The molecule has 0 aromatic carbocycles. The van der Waals surface area contributed by atoms with Crippen molar-refractivity contribution in [3.63, 3.8) is 0 Å². The minimum absolute atomic E-state index is 0.00650. The maximum atomic E-state index is 14.4. The van der Waals surface area contributed by atoms with Crippen LogP contribution in [0.1, 0.15) is 65.2 Å². The normalized spacial score (nSPS) is 46.1. The molecular formula is C23H37FN4O2. The molecule has 2 saturated carbocycles. The first-order valence-corrected chi connectivity index (χ1v) is 12.1. The molecule has 9 atom stereocenters. The minimum atomic E-state index is -0.768. The number of carbonyl (C=O) groups is 2. The molecule has 0 radical (unpaired) electrons. The van der Waals surface area contributed by atoms with E-state index in [9.17, 15) is 14.0 Å². The highest BCUT2D eigenvalue weighted by atomic mass is 19.1. The van der Waals surface area contributed by atoms with Gasteiger partial charge in [-0.25, -0.2) is 4.39 Å². The molecule has 3 heterocycles. The molecule has 3 aliphatic heterocycles. The van der Waals surface area contributed by atoms with Crippen LogP contribution in [0.4, 0.5) is 4.39 Å². The van der Waals surface area contributed by atoms with Gasteiger partial charge < -0.3 is 15.5 Å². The molecular weight excluding hydrogens is 383 g/mol. The van der Waals surface area contributed by atoms with Crippen LogP contribution in [0.3, 0.4) is 0 Å². The summed E-state index contributed by atoms with van der Waals surface area (Å²) in [5.74, 6) is 0.706. The second kappa shape index (κ2) is 8.05. The van der Waals surface area contributed by atoms with E-state index in [1.807, 2.05) is 4.90 Å². The summed E-state index contributed by atoms with van der Waals surface area (Å²) < 4.78 is 14.4. The van der Waals surface area contributed by atoms with Crippen molar-refractivity contribution in [2.45, 2.75) is 108 Å². The van der Waals surface area contributed by atoms with E-state index in [0.717, 1.165) is 45.2 Å². The topological polar surface area (TPSA) is 64.7 Å². The Morgan fingerprint density at radius 1 is 1.00 bits per heavy atom. The number of nitrogens with one attached hydrogen (secondary N) is 2. The fourth-order valence-electron chi connectivity index (χ4n) is 7.23.